The van der Waals surface area contributed by atoms with E-state index in [1.54, 1.807) is 10.9 Å². The Morgan fingerprint density at radius 2 is 2.08 bits per heavy atom. The molecular weight excluding hydrogens is 304 g/mol. The van der Waals surface area contributed by atoms with E-state index in [9.17, 15) is 4.79 Å². The van der Waals surface area contributed by atoms with Crippen molar-refractivity contribution in [2.24, 2.45) is 13.0 Å². The molecule has 4 rings (SSSR count). The van der Waals surface area contributed by atoms with E-state index in [0.717, 1.165) is 29.1 Å². The van der Waals surface area contributed by atoms with Gasteiger partial charge in [0, 0.05) is 38.2 Å². The van der Waals surface area contributed by atoms with E-state index >= 15 is 0 Å². The van der Waals surface area contributed by atoms with Crippen LogP contribution in [0, 0.1) is 5.92 Å². The van der Waals surface area contributed by atoms with Crippen LogP contribution < -0.4 is 10.2 Å². The Labute approximate surface area is 139 Å². The predicted molar refractivity (Wildman–Crippen MR) is 91.7 cm³/mol. The van der Waals surface area contributed by atoms with Crippen molar-refractivity contribution in [3.8, 4) is 0 Å². The van der Waals surface area contributed by atoms with Crippen molar-refractivity contribution in [3.05, 3.63) is 42.9 Å². The van der Waals surface area contributed by atoms with E-state index in [-0.39, 0.29) is 11.8 Å². The van der Waals surface area contributed by atoms with Gasteiger partial charge in [0.1, 0.15) is 12.1 Å². The number of aryl methyl sites for hydroxylation is 1. The molecule has 122 valence electrons. The highest BCUT2D eigenvalue weighted by Crippen LogP contribution is 2.25. The first kappa shape index (κ1) is 14.6. The fraction of sp³-hybridized carbons (Fsp3) is 0.294. The third kappa shape index (κ3) is 2.58. The number of aromatic nitrogens is 4. The van der Waals surface area contributed by atoms with Crippen molar-refractivity contribution in [1.29, 1.82) is 0 Å². The summed E-state index contributed by atoms with van der Waals surface area (Å²) in [5.41, 5.74) is 1.75. The second-order valence-electron chi connectivity index (χ2n) is 6.02. The number of nitrogens with zero attached hydrogens (tertiary/aromatic N) is 5. The van der Waals surface area contributed by atoms with Gasteiger partial charge >= 0.3 is 0 Å². The monoisotopic (exact) mass is 322 g/mol. The lowest BCUT2D eigenvalue weighted by molar-refractivity contribution is -0.117. The molecule has 1 aliphatic rings. The summed E-state index contributed by atoms with van der Waals surface area (Å²) in [6.07, 6.45) is 3.83. The van der Waals surface area contributed by atoms with Gasteiger partial charge in [-0.1, -0.05) is 18.2 Å². The Balaban J connectivity index is 1.46. The summed E-state index contributed by atoms with van der Waals surface area (Å²) in [6.45, 7) is 1.41. The van der Waals surface area contributed by atoms with Gasteiger partial charge in [-0.25, -0.2) is 9.97 Å². The molecule has 3 aromatic rings. The summed E-state index contributed by atoms with van der Waals surface area (Å²) in [6, 6.07) is 9.80. The van der Waals surface area contributed by atoms with Gasteiger partial charge in [0.15, 0.2) is 5.65 Å². The summed E-state index contributed by atoms with van der Waals surface area (Å²) >= 11 is 0. The zero-order valence-corrected chi connectivity index (χ0v) is 13.4. The number of hydrogen-bond donors (Lipinski definition) is 1. The molecule has 2 aromatic heterocycles. The number of carbonyl (C=O) groups is 1. The van der Waals surface area contributed by atoms with E-state index in [2.05, 4.69) is 20.4 Å². The Morgan fingerprint density at radius 3 is 2.92 bits per heavy atom. The fourth-order valence-electron chi connectivity index (χ4n) is 3.12. The van der Waals surface area contributed by atoms with Gasteiger partial charge in [0.05, 0.1) is 11.6 Å². The zero-order valence-electron chi connectivity index (χ0n) is 13.4. The fourth-order valence-corrected chi connectivity index (χ4v) is 3.12. The third-order valence-electron chi connectivity index (χ3n) is 4.36. The molecular formula is C17H18N6O. The molecule has 24 heavy (non-hydrogen) atoms. The topological polar surface area (TPSA) is 75.9 Å². The minimum atomic E-state index is 0.169. The molecule has 3 heterocycles. The minimum absolute atomic E-state index is 0.169. The molecule has 0 spiro atoms. The van der Waals surface area contributed by atoms with Crippen LogP contribution in [0.25, 0.3) is 11.0 Å². The number of anilines is 2. The third-order valence-corrected chi connectivity index (χ3v) is 4.36. The van der Waals surface area contributed by atoms with Gasteiger partial charge in [0.25, 0.3) is 0 Å². The number of nitrogens with one attached hydrogen (secondary N) is 1. The van der Waals surface area contributed by atoms with Crippen molar-refractivity contribution >= 4 is 28.4 Å². The number of carbonyl (C=O) groups excluding carboxylic acids is 1. The summed E-state index contributed by atoms with van der Waals surface area (Å²) in [7, 11) is 1.85. The van der Waals surface area contributed by atoms with Crippen molar-refractivity contribution in [1.82, 2.24) is 19.7 Å². The number of para-hydroxylation sites is 1. The van der Waals surface area contributed by atoms with Crippen LogP contribution in [0.15, 0.2) is 42.9 Å². The van der Waals surface area contributed by atoms with Crippen LogP contribution >= 0.6 is 0 Å². The van der Waals surface area contributed by atoms with Crippen LogP contribution in [0.1, 0.15) is 6.42 Å². The molecule has 1 aliphatic heterocycles. The van der Waals surface area contributed by atoms with Gasteiger partial charge in [-0.05, 0) is 12.1 Å². The highest BCUT2D eigenvalue weighted by atomic mass is 16.2. The second-order valence-corrected chi connectivity index (χ2v) is 6.02. The molecule has 0 aliphatic carbocycles. The highest BCUT2D eigenvalue weighted by Gasteiger charge is 2.30. The molecule has 7 nitrogen and oxygen atoms in total. The van der Waals surface area contributed by atoms with Crippen LogP contribution in [-0.4, -0.2) is 38.7 Å². The molecule has 1 amide bonds. The predicted octanol–water partition coefficient (Wildman–Crippen LogP) is 1.83. The van der Waals surface area contributed by atoms with Gasteiger partial charge in [-0.15, -0.1) is 0 Å². The van der Waals surface area contributed by atoms with Gasteiger partial charge < -0.3 is 10.2 Å². The Morgan fingerprint density at radius 1 is 1.25 bits per heavy atom. The van der Waals surface area contributed by atoms with Crippen molar-refractivity contribution in [3.63, 3.8) is 0 Å². The number of fused-ring (bicyclic) bond motifs is 1. The zero-order chi connectivity index (χ0) is 16.5. The first-order valence-corrected chi connectivity index (χ1v) is 7.94. The maximum Gasteiger partial charge on any atom is 0.227 e. The first-order valence-electron chi connectivity index (χ1n) is 7.94. The maximum absolute atomic E-state index is 12.3. The van der Waals surface area contributed by atoms with Crippen LogP contribution in [0.5, 0.6) is 0 Å². The van der Waals surface area contributed by atoms with E-state index in [4.69, 9.17) is 0 Å². The minimum Gasteiger partial charge on any atom is -0.369 e. The van der Waals surface area contributed by atoms with Crippen molar-refractivity contribution in [2.45, 2.75) is 6.42 Å². The molecule has 7 heteroatoms. The molecule has 1 fully saturated rings. The second kappa shape index (κ2) is 5.92. The van der Waals surface area contributed by atoms with Crippen molar-refractivity contribution in [2.75, 3.05) is 23.3 Å². The molecule has 1 atom stereocenters. The first-order chi connectivity index (χ1) is 11.7. The van der Waals surface area contributed by atoms with Gasteiger partial charge in [0.2, 0.25) is 5.91 Å². The smallest absolute Gasteiger partial charge is 0.227 e. The SMILES string of the molecule is Cn1ncc2c(NCC3CC(=O)N(c4ccccc4)C3)ncnc21. The summed E-state index contributed by atoms with van der Waals surface area (Å²) < 4.78 is 1.72. The lowest BCUT2D eigenvalue weighted by Crippen LogP contribution is -2.25. The Bertz CT molecular complexity index is 875. The van der Waals surface area contributed by atoms with Crippen LogP contribution in [0.3, 0.4) is 0 Å². The summed E-state index contributed by atoms with van der Waals surface area (Å²) in [5.74, 6) is 1.18. The Hall–Kier alpha value is -2.96. The van der Waals surface area contributed by atoms with E-state index in [0.29, 0.717) is 13.0 Å². The maximum atomic E-state index is 12.3. The van der Waals surface area contributed by atoms with Crippen molar-refractivity contribution < 1.29 is 4.79 Å². The molecule has 1 saturated heterocycles. The summed E-state index contributed by atoms with van der Waals surface area (Å²) in [5, 5.41) is 8.46. The molecule has 0 radical (unpaired) electrons. The van der Waals surface area contributed by atoms with Crippen LogP contribution in [0.4, 0.5) is 11.5 Å². The number of amides is 1. The average molecular weight is 322 g/mol. The van der Waals surface area contributed by atoms with Gasteiger partial charge in [-0.2, -0.15) is 5.10 Å². The lowest BCUT2D eigenvalue weighted by atomic mass is 10.1. The molecule has 1 N–H and O–H groups in total. The van der Waals surface area contributed by atoms with Crippen LogP contribution in [-0.2, 0) is 11.8 Å². The summed E-state index contributed by atoms with van der Waals surface area (Å²) in [4.78, 5) is 22.7. The van der Waals surface area contributed by atoms with E-state index < -0.39 is 0 Å². The normalized spacial score (nSPS) is 17.6. The van der Waals surface area contributed by atoms with E-state index in [1.807, 2.05) is 42.3 Å². The number of benzene rings is 1. The number of rotatable bonds is 4. The van der Waals surface area contributed by atoms with Gasteiger partial charge in [-0.3, -0.25) is 9.48 Å². The Kier molecular flexibility index (Phi) is 3.60. The highest BCUT2D eigenvalue weighted by molar-refractivity contribution is 5.95. The molecule has 0 bridgehead atoms. The van der Waals surface area contributed by atoms with E-state index in [1.165, 1.54) is 6.33 Å². The number of hydrogen-bond acceptors (Lipinski definition) is 5. The quantitative estimate of drug-likeness (QED) is 0.793. The largest absolute Gasteiger partial charge is 0.369 e. The standard InChI is InChI=1S/C17H18N6O/c1-22-17-14(9-21-22)16(19-11-20-17)18-8-12-7-15(24)23(10-12)13-5-3-2-4-6-13/h2-6,9,11-12H,7-8,10H2,1H3,(H,18,19,20). The lowest BCUT2D eigenvalue weighted by Gasteiger charge is -2.17. The molecule has 1 aromatic carbocycles. The molecule has 0 saturated carbocycles. The van der Waals surface area contributed by atoms with Crippen LogP contribution in [0.2, 0.25) is 0 Å². The average Bonchev–Trinajstić information content (AvgIpc) is 3.17. The molecule has 1 unspecified atom stereocenters.